The fourth-order valence-electron chi connectivity index (χ4n) is 7.28. The number of benzene rings is 1. The molecule has 0 unspecified atom stereocenters. The molecule has 48 heavy (non-hydrogen) atoms. The highest BCUT2D eigenvalue weighted by Gasteiger charge is 2.27. The van der Waals surface area contributed by atoms with Gasteiger partial charge in [0.2, 0.25) is 0 Å². The van der Waals surface area contributed by atoms with E-state index in [2.05, 4.69) is 82.6 Å². The Morgan fingerprint density at radius 1 is 0.438 bits per heavy atom. The predicted octanol–water partition coefficient (Wildman–Crippen LogP) is 12.5. The molecule has 1 nitrogen and oxygen atoms in total. The van der Waals surface area contributed by atoms with Crippen molar-refractivity contribution in [2.45, 2.75) is 219 Å². The molecule has 0 spiro atoms. The summed E-state index contributed by atoms with van der Waals surface area (Å²) in [5.74, 6) is 0. The lowest BCUT2D eigenvalue weighted by atomic mass is 9.96. The lowest BCUT2D eigenvalue weighted by Gasteiger charge is -2.39. The first-order valence-electron chi connectivity index (χ1n) is 21.3. The van der Waals surface area contributed by atoms with E-state index < -0.39 is 0 Å². The van der Waals surface area contributed by atoms with Gasteiger partial charge < -0.3 is 16.9 Å². The smallest absolute Gasteiger partial charge is 0.104 e. The van der Waals surface area contributed by atoms with Crippen molar-refractivity contribution in [1.29, 1.82) is 0 Å². The van der Waals surface area contributed by atoms with E-state index >= 15 is 0 Å². The SMILES string of the molecule is CCCCCCCCC=CCCCCCCCCC(CCCCCCCCC=CCCCCCCCC)[N+](C)(C)Cc1ccccc1.[Cl-]. The Hall–Kier alpha value is -1.05. The van der Waals surface area contributed by atoms with Gasteiger partial charge in [-0.2, -0.15) is 0 Å². The van der Waals surface area contributed by atoms with Crippen molar-refractivity contribution in [2.24, 2.45) is 0 Å². The molecule has 1 aromatic carbocycles. The highest BCUT2D eigenvalue weighted by molar-refractivity contribution is 5.13. The largest absolute Gasteiger partial charge is 1.00 e. The molecule has 0 aliphatic rings. The van der Waals surface area contributed by atoms with Crippen LogP contribution in [0.1, 0.15) is 212 Å². The van der Waals surface area contributed by atoms with Crippen LogP contribution in [-0.4, -0.2) is 24.6 Å². The summed E-state index contributed by atoms with van der Waals surface area (Å²) in [5, 5.41) is 0. The predicted molar refractivity (Wildman–Crippen MR) is 214 cm³/mol. The zero-order valence-electron chi connectivity index (χ0n) is 33.0. The lowest BCUT2D eigenvalue weighted by Crippen LogP contribution is -3.00. The molecule has 0 fully saturated rings. The fraction of sp³-hybridized carbons (Fsp3) is 0.783. The summed E-state index contributed by atoms with van der Waals surface area (Å²) in [6.45, 7) is 5.76. The van der Waals surface area contributed by atoms with Crippen LogP contribution in [0.15, 0.2) is 54.6 Å². The van der Waals surface area contributed by atoms with E-state index in [-0.39, 0.29) is 12.4 Å². The van der Waals surface area contributed by atoms with Crippen molar-refractivity contribution >= 4 is 0 Å². The van der Waals surface area contributed by atoms with Crippen LogP contribution in [0.5, 0.6) is 0 Å². The third kappa shape index (κ3) is 29.8. The average Bonchev–Trinajstić information content (AvgIpc) is 3.07. The van der Waals surface area contributed by atoms with Crippen LogP contribution in [-0.2, 0) is 6.54 Å². The molecule has 0 saturated carbocycles. The van der Waals surface area contributed by atoms with Gasteiger partial charge in [0.05, 0.1) is 20.1 Å². The first kappa shape index (κ1) is 47.0. The van der Waals surface area contributed by atoms with Gasteiger partial charge in [0.15, 0.2) is 0 Å². The van der Waals surface area contributed by atoms with Gasteiger partial charge in [-0.25, -0.2) is 0 Å². The highest BCUT2D eigenvalue weighted by atomic mass is 35.5. The van der Waals surface area contributed by atoms with Gasteiger partial charge in [-0.1, -0.05) is 184 Å². The molecular weight excluding hydrogens is 602 g/mol. The van der Waals surface area contributed by atoms with Crippen LogP contribution in [0.2, 0.25) is 0 Å². The fourth-order valence-corrected chi connectivity index (χ4v) is 7.28. The van der Waals surface area contributed by atoms with Gasteiger partial charge >= 0.3 is 0 Å². The van der Waals surface area contributed by atoms with Crippen LogP contribution in [0.3, 0.4) is 0 Å². The molecule has 0 aromatic heterocycles. The molecule has 280 valence electrons. The van der Waals surface area contributed by atoms with Gasteiger partial charge in [-0.05, 0) is 77.0 Å². The third-order valence-corrected chi connectivity index (χ3v) is 10.5. The first-order valence-corrected chi connectivity index (χ1v) is 21.3. The summed E-state index contributed by atoms with van der Waals surface area (Å²) in [6.07, 6.45) is 51.6. The quantitative estimate of drug-likeness (QED) is 0.0379. The molecule has 0 amide bonds. The summed E-state index contributed by atoms with van der Waals surface area (Å²) < 4.78 is 1.14. The Morgan fingerprint density at radius 2 is 0.750 bits per heavy atom. The number of halogens is 1. The van der Waals surface area contributed by atoms with Crippen molar-refractivity contribution < 1.29 is 16.9 Å². The summed E-state index contributed by atoms with van der Waals surface area (Å²) in [4.78, 5) is 0. The zero-order chi connectivity index (χ0) is 33.9. The van der Waals surface area contributed by atoms with Gasteiger partial charge in [0.1, 0.15) is 6.54 Å². The standard InChI is InChI=1S/C46H84N.ClH/c1-5-7-9-11-13-15-17-19-21-23-25-27-29-31-33-38-42-46(47(3,4)44-45-40-36-35-37-41-45)43-39-34-32-30-28-26-24-22-20-18-16-14-12-10-8-6-2;/h19-22,35-37,40-41,46H,5-18,23-34,38-39,42-44H2,1-4H3;1H/q+1;/p-1. The molecule has 2 heteroatoms. The summed E-state index contributed by atoms with van der Waals surface area (Å²) >= 11 is 0. The van der Waals surface area contributed by atoms with Crippen molar-refractivity contribution in [2.75, 3.05) is 14.1 Å². The molecule has 0 atom stereocenters. The average molecular weight is 687 g/mol. The molecule has 0 saturated heterocycles. The van der Waals surface area contributed by atoms with E-state index in [1.807, 2.05) is 0 Å². The van der Waals surface area contributed by atoms with Crippen LogP contribution >= 0.6 is 0 Å². The second-order valence-electron chi connectivity index (χ2n) is 15.5. The maximum atomic E-state index is 2.50. The Bertz CT molecular complexity index is 771. The van der Waals surface area contributed by atoms with Crippen LogP contribution < -0.4 is 12.4 Å². The second-order valence-corrected chi connectivity index (χ2v) is 15.5. The van der Waals surface area contributed by atoms with Crippen molar-refractivity contribution in [3.63, 3.8) is 0 Å². The molecule has 0 aliphatic carbocycles. The molecule has 1 rings (SSSR count). The van der Waals surface area contributed by atoms with Gasteiger partial charge in [-0.3, -0.25) is 0 Å². The van der Waals surface area contributed by atoms with Crippen LogP contribution in [0, 0.1) is 0 Å². The maximum Gasteiger partial charge on any atom is 0.104 e. The number of nitrogens with zero attached hydrogens (tertiary/aromatic N) is 1. The molecule has 0 heterocycles. The minimum Gasteiger partial charge on any atom is -1.00 e. The van der Waals surface area contributed by atoms with Gasteiger partial charge in [-0.15, -0.1) is 0 Å². The Kier molecular flexibility index (Phi) is 35.0. The first-order chi connectivity index (χ1) is 23.1. The number of rotatable bonds is 35. The minimum absolute atomic E-state index is 0. The summed E-state index contributed by atoms with van der Waals surface area (Å²) in [7, 11) is 5.00. The normalized spacial score (nSPS) is 12.7. The molecular formula is C46H84ClN. The summed E-state index contributed by atoms with van der Waals surface area (Å²) in [6, 6.07) is 12.0. The molecule has 0 bridgehead atoms. The number of quaternary nitrogens is 1. The number of hydrogen-bond acceptors (Lipinski definition) is 0. The summed E-state index contributed by atoms with van der Waals surface area (Å²) in [5.41, 5.74) is 1.49. The van der Waals surface area contributed by atoms with E-state index in [9.17, 15) is 0 Å². The van der Waals surface area contributed by atoms with E-state index in [1.165, 1.54) is 198 Å². The van der Waals surface area contributed by atoms with E-state index in [4.69, 9.17) is 0 Å². The Labute approximate surface area is 309 Å². The zero-order valence-corrected chi connectivity index (χ0v) is 33.8. The Morgan fingerprint density at radius 3 is 1.10 bits per heavy atom. The van der Waals surface area contributed by atoms with E-state index in [0.29, 0.717) is 0 Å². The molecule has 0 radical (unpaired) electrons. The number of hydrogen-bond donors (Lipinski definition) is 0. The monoisotopic (exact) mass is 686 g/mol. The van der Waals surface area contributed by atoms with Gasteiger partial charge in [0.25, 0.3) is 0 Å². The van der Waals surface area contributed by atoms with Crippen molar-refractivity contribution in [1.82, 2.24) is 0 Å². The molecule has 0 N–H and O–H groups in total. The van der Waals surface area contributed by atoms with Gasteiger partial charge in [0, 0.05) is 5.56 Å². The highest BCUT2D eigenvalue weighted by Crippen LogP contribution is 2.25. The maximum absolute atomic E-state index is 2.50. The molecule has 0 aliphatic heterocycles. The lowest BCUT2D eigenvalue weighted by molar-refractivity contribution is -0.928. The molecule has 1 aromatic rings. The van der Waals surface area contributed by atoms with Crippen LogP contribution in [0.4, 0.5) is 0 Å². The second kappa shape index (κ2) is 35.8. The number of allylic oxidation sites excluding steroid dienone is 4. The van der Waals surface area contributed by atoms with E-state index in [0.717, 1.165) is 17.1 Å². The van der Waals surface area contributed by atoms with Crippen molar-refractivity contribution in [3.05, 3.63) is 60.2 Å². The van der Waals surface area contributed by atoms with Crippen molar-refractivity contribution in [3.8, 4) is 0 Å². The minimum atomic E-state index is 0. The Balaban J connectivity index is 0.0000221. The topological polar surface area (TPSA) is 0 Å². The van der Waals surface area contributed by atoms with E-state index in [1.54, 1.807) is 0 Å². The van der Waals surface area contributed by atoms with Crippen LogP contribution in [0.25, 0.3) is 0 Å². The number of unbranched alkanes of at least 4 members (excludes halogenated alkanes) is 24. The third-order valence-electron chi connectivity index (χ3n) is 10.5.